The van der Waals surface area contributed by atoms with Crippen LogP contribution in [-0.2, 0) is 4.79 Å². The second kappa shape index (κ2) is 7.57. The quantitative estimate of drug-likeness (QED) is 0.794. The van der Waals surface area contributed by atoms with Crippen LogP contribution >= 0.6 is 15.9 Å². The average molecular weight is 312 g/mol. The molecule has 0 fully saturated rings. The van der Waals surface area contributed by atoms with E-state index >= 15 is 0 Å². The fraction of sp³-hybridized carbons (Fsp3) is 0.533. The standard InChI is InChI=1S/C15H22BrNO/c1-4-6-12(7-5-2)15(18)17-14-9-8-13(16)10-11(14)3/h8-10,12H,4-7H2,1-3H3,(H,17,18). The third-order valence-corrected chi connectivity index (χ3v) is 3.58. The van der Waals surface area contributed by atoms with Gasteiger partial charge in [-0.1, -0.05) is 42.6 Å². The lowest BCUT2D eigenvalue weighted by Crippen LogP contribution is -2.23. The number of carbonyl (C=O) groups excluding carboxylic acids is 1. The van der Waals surface area contributed by atoms with E-state index in [1.807, 2.05) is 25.1 Å². The van der Waals surface area contributed by atoms with Gasteiger partial charge in [-0.05, 0) is 43.5 Å². The van der Waals surface area contributed by atoms with Gasteiger partial charge in [-0.25, -0.2) is 0 Å². The maximum absolute atomic E-state index is 12.2. The summed E-state index contributed by atoms with van der Waals surface area (Å²) in [5.74, 6) is 0.298. The molecular weight excluding hydrogens is 290 g/mol. The molecule has 1 aromatic rings. The van der Waals surface area contributed by atoms with Gasteiger partial charge >= 0.3 is 0 Å². The summed E-state index contributed by atoms with van der Waals surface area (Å²) in [7, 11) is 0. The topological polar surface area (TPSA) is 29.1 Å². The van der Waals surface area contributed by atoms with Gasteiger partial charge in [0.1, 0.15) is 0 Å². The van der Waals surface area contributed by atoms with Crippen LogP contribution in [0.1, 0.15) is 45.1 Å². The Labute approximate surface area is 118 Å². The Kier molecular flexibility index (Phi) is 6.41. The van der Waals surface area contributed by atoms with Crippen LogP contribution in [0.25, 0.3) is 0 Å². The number of anilines is 1. The molecule has 0 spiro atoms. The number of hydrogen-bond acceptors (Lipinski definition) is 1. The van der Waals surface area contributed by atoms with E-state index in [2.05, 4.69) is 35.1 Å². The Bertz CT molecular complexity index is 397. The van der Waals surface area contributed by atoms with E-state index in [9.17, 15) is 4.79 Å². The molecule has 1 aromatic carbocycles. The Morgan fingerprint density at radius 1 is 1.28 bits per heavy atom. The SMILES string of the molecule is CCCC(CCC)C(=O)Nc1ccc(Br)cc1C. The van der Waals surface area contributed by atoms with E-state index in [-0.39, 0.29) is 11.8 Å². The predicted molar refractivity (Wildman–Crippen MR) is 80.8 cm³/mol. The number of amides is 1. The molecule has 0 atom stereocenters. The van der Waals surface area contributed by atoms with Crippen molar-refractivity contribution < 1.29 is 4.79 Å². The lowest BCUT2D eigenvalue weighted by atomic mass is 9.97. The number of aryl methyl sites for hydroxylation is 1. The number of carbonyl (C=O) groups is 1. The molecule has 1 rings (SSSR count). The van der Waals surface area contributed by atoms with Crippen LogP contribution < -0.4 is 5.32 Å². The van der Waals surface area contributed by atoms with Gasteiger partial charge in [0.25, 0.3) is 0 Å². The minimum Gasteiger partial charge on any atom is -0.326 e. The molecule has 18 heavy (non-hydrogen) atoms. The van der Waals surface area contributed by atoms with Crippen molar-refractivity contribution in [1.29, 1.82) is 0 Å². The zero-order chi connectivity index (χ0) is 13.5. The molecule has 0 bridgehead atoms. The van der Waals surface area contributed by atoms with Gasteiger partial charge in [0.05, 0.1) is 0 Å². The minimum atomic E-state index is 0.142. The van der Waals surface area contributed by atoms with Gasteiger partial charge in [0.15, 0.2) is 0 Å². The highest BCUT2D eigenvalue weighted by Crippen LogP contribution is 2.22. The molecule has 0 aliphatic carbocycles. The first kappa shape index (κ1) is 15.2. The highest BCUT2D eigenvalue weighted by Gasteiger charge is 2.17. The largest absolute Gasteiger partial charge is 0.326 e. The number of nitrogens with one attached hydrogen (secondary N) is 1. The fourth-order valence-electron chi connectivity index (χ4n) is 2.11. The first-order valence-corrected chi connectivity index (χ1v) is 7.44. The normalized spacial score (nSPS) is 10.7. The monoisotopic (exact) mass is 311 g/mol. The number of hydrogen-bond donors (Lipinski definition) is 1. The van der Waals surface area contributed by atoms with Crippen molar-refractivity contribution in [3.8, 4) is 0 Å². The molecule has 3 heteroatoms. The summed E-state index contributed by atoms with van der Waals surface area (Å²) < 4.78 is 1.04. The molecule has 0 heterocycles. The predicted octanol–water partition coefficient (Wildman–Crippen LogP) is 4.91. The molecule has 0 saturated carbocycles. The number of halogens is 1. The van der Waals surface area contributed by atoms with E-state index in [1.165, 1.54) is 0 Å². The van der Waals surface area contributed by atoms with Crippen LogP contribution in [0.15, 0.2) is 22.7 Å². The lowest BCUT2D eigenvalue weighted by molar-refractivity contribution is -0.120. The molecule has 0 aliphatic rings. The highest BCUT2D eigenvalue weighted by atomic mass is 79.9. The molecule has 1 amide bonds. The third kappa shape index (κ3) is 4.45. The molecule has 1 N–H and O–H groups in total. The zero-order valence-electron chi connectivity index (χ0n) is 11.4. The minimum absolute atomic E-state index is 0.142. The van der Waals surface area contributed by atoms with E-state index < -0.39 is 0 Å². The van der Waals surface area contributed by atoms with Crippen LogP contribution in [0.4, 0.5) is 5.69 Å². The van der Waals surface area contributed by atoms with E-state index in [4.69, 9.17) is 0 Å². The first-order valence-electron chi connectivity index (χ1n) is 6.65. The molecule has 0 unspecified atom stereocenters. The van der Waals surface area contributed by atoms with Crippen molar-refractivity contribution >= 4 is 27.5 Å². The van der Waals surface area contributed by atoms with Crippen molar-refractivity contribution in [2.24, 2.45) is 5.92 Å². The molecular formula is C15H22BrNO. The van der Waals surface area contributed by atoms with Crippen LogP contribution in [0.3, 0.4) is 0 Å². The smallest absolute Gasteiger partial charge is 0.227 e. The molecule has 0 aliphatic heterocycles. The summed E-state index contributed by atoms with van der Waals surface area (Å²) in [6.07, 6.45) is 4.04. The van der Waals surface area contributed by atoms with Crippen molar-refractivity contribution in [2.75, 3.05) is 5.32 Å². The molecule has 0 aromatic heterocycles. The van der Waals surface area contributed by atoms with Gasteiger partial charge in [-0.3, -0.25) is 4.79 Å². The van der Waals surface area contributed by atoms with Crippen LogP contribution in [0.5, 0.6) is 0 Å². The summed E-state index contributed by atoms with van der Waals surface area (Å²) in [4.78, 5) is 12.2. The van der Waals surface area contributed by atoms with Gasteiger partial charge in [-0.2, -0.15) is 0 Å². The Morgan fingerprint density at radius 2 is 1.89 bits per heavy atom. The van der Waals surface area contributed by atoms with Gasteiger partial charge in [0, 0.05) is 16.1 Å². The van der Waals surface area contributed by atoms with Crippen LogP contribution in [0.2, 0.25) is 0 Å². The Balaban J connectivity index is 2.72. The van der Waals surface area contributed by atoms with Crippen molar-refractivity contribution in [3.05, 3.63) is 28.2 Å². The number of rotatable bonds is 6. The van der Waals surface area contributed by atoms with Crippen molar-refractivity contribution in [3.63, 3.8) is 0 Å². The Hall–Kier alpha value is -0.830. The average Bonchev–Trinajstić information content (AvgIpc) is 2.32. The summed E-state index contributed by atoms with van der Waals surface area (Å²) in [6.45, 7) is 6.26. The highest BCUT2D eigenvalue weighted by molar-refractivity contribution is 9.10. The molecule has 0 saturated heterocycles. The third-order valence-electron chi connectivity index (χ3n) is 3.09. The number of benzene rings is 1. The summed E-state index contributed by atoms with van der Waals surface area (Å²) >= 11 is 3.43. The fourth-order valence-corrected chi connectivity index (χ4v) is 2.58. The summed E-state index contributed by atoms with van der Waals surface area (Å²) in [6, 6.07) is 5.92. The maximum atomic E-state index is 12.2. The van der Waals surface area contributed by atoms with E-state index in [0.717, 1.165) is 41.4 Å². The van der Waals surface area contributed by atoms with Crippen LogP contribution in [-0.4, -0.2) is 5.91 Å². The van der Waals surface area contributed by atoms with E-state index in [1.54, 1.807) is 0 Å². The second-order valence-corrected chi connectivity index (χ2v) is 5.64. The molecule has 100 valence electrons. The lowest BCUT2D eigenvalue weighted by Gasteiger charge is -2.16. The summed E-state index contributed by atoms with van der Waals surface area (Å²) in [5.41, 5.74) is 2.00. The Morgan fingerprint density at radius 3 is 2.39 bits per heavy atom. The van der Waals surface area contributed by atoms with Gasteiger partial charge < -0.3 is 5.32 Å². The van der Waals surface area contributed by atoms with Gasteiger partial charge in [0.2, 0.25) is 5.91 Å². The van der Waals surface area contributed by atoms with Gasteiger partial charge in [-0.15, -0.1) is 0 Å². The molecule has 2 nitrogen and oxygen atoms in total. The summed E-state index contributed by atoms with van der Waals surface area (Å²) in [5, 5.41) is 3.05. The van der Waals surface area contributed by atoms with Crippen molar-refractivity contribution in [1.82, 2.24) is 0 Å². The van der Waals surface area contributed by atoms with Crippen molar-refractivity contribution in [2.45, 2.75) is 46.5 Å². The zero-order valence-corrected chi connectivity index (χ0v) is 13.0. The first-order chi connectivity index (χ1) is 8.58. The second-order valence-electron chi connectivity index (χ2n) is 4.72. The van der Waals surface area contributed by atoms with Crippen LogP contribution in [0, 0.1) is 12.8 Å². The molecule has 0 radical (unpaired) electrons. The maximum Gasteiger partial charge on any atom is 0.227 e. The van der Waals surface area contributed by atoms with E-state index in [0.29, 0.717) is 0 Å².